The molecule has 7 heteroatoms. The van der Waals surface area contributed by atoms with Crippen molar-refractivity contribution < 1.29 is 14.7 Å². The standard InChI is InChI=1S/C13H19N3O3S/c1-3-6-14-11(17)7(2)15-13-16-10-8(12(18)19)4-5-9(10)20-13/h7-8H,3-6H2,1-2H3,(H,14,17)(H,15,16)(H,18,19). The number of anilines is 1. The van der Waals surface area contributed by atoms with Gasteiger partial charge < -0.3 is 15.7 Å². The minimum atomic E-state index is -0.825. The maximum atomic E-state index is 11.8. The molecule has 1 aliphatic rings. The van der Waals surface area contributed by atoms with Gasteiger partial charge in [0.15, 0.2) is 5.13 Å². The average Bonchev–Trinajstić information content (AvgIpc) is 2.94. The first-order valence-electron chi connectivity index (χ1n) is 6.79. The fraction of sp³-hybridized carbons (Fsp3) is 0.615. The summed E-state index contributed by atoms with van der Waals surface area (Å²) >= 11 is 1.45. The SMILES string of the molecule is CCCNC(=O)C(C)Nc1nc2c(s1)CCC2C(=O)O. The molecule has 2 unspecified atom stereocenters. The minimum absolute atomic E-state index is 0.0722. The first kappa shape index (κ1) is 14.8. The van der Waals surface area contributed by atoms with E-state index in [1.807, 2.05) is 6.92 Å². The summed E-state index contributed by atoms with van der Waals surface area (Å²) in [4.78, 5) is 28.2. The number of carbonyl (C=O) groups is 2. The van der Waals surface area contributed by atoms with Crippen molar-refractivity contribution in [3.05, 3.63) is 10.6 Å². The lowest BCUT2D eigenvalue weighted by molar-refractivity contribution is -0.138. The Balaban J connectivity index is 2.00. The van der Waals surface area contributed by atoms with Gasteiger partial charge in [0.25, 0.3) is 0 Å². The number of aliphatic carboxylic acids is 1. The maximum absolute atomic E-state index is 11.8. The number of nitrogens with zero attached hydrogens (tertiary/aromatic N) is 1. The number of carboxylic acid groups (broad SMARTS) is 1. The number of rotatable bonds is 6. The van der Waals surface area contributed by atoms with Crippen molar-refractivity contribution in [1.82, 2.24) is 10.3 Å². The van der Waals surface area contributed by atoms with Crippen LogP contribution >= 0.6 is 11.3 Å². The first-order valence-corrected chi connectivity index (χ1v) is 7.61. The number of fused-ring (bicyclic) bond motifs is 1. The molecule has 2 atom stereocenters. The van der Waals surface area contributed by atoms with E-state index in [9.17, 15) is 9.59 Å². The molecule has 0 radical (unpaired) electrons. The van der Waals surface area contributed by atoms with Gasteiger partial charge in [-0.05, 0) is 26.2 Å². The predicted molar refractivity (Wildman–Crippen MR) is 77.2 cm³/mol. The van der Waals surface area contributed by atoms with Gasteiger partial charge in [-0.25, -0.2) is 4.98 Å². The van der Waals surface area contributed by atoms with Gasteiger partial charge in [0, 0.05) is 11.4 Å². The lowest BCUT2D eigenvalue weighted by Crippen LogP contribution is -2.37. The average molecular weight is 297 g/mol. The van der Waals surface area contributed by atoms with Crippen LogP contribution in [0.25, 0.3) is 0 Å². The molecule has 1 aromatic heterocycles. The molecular weight excluding hydrogens is 278 g/mol. The monoisotopic (exact) mass is 297 g/mol. The highest BCUT2D eigenvalue weighted by molar-refractivity contribution is 7.15. The number of thiazole rings is 1. The van der Waals surface area contributed by atoms with Gasteiger partial charge in [-0.2, -0.15) is 0 Å². The van der Waals surface area contributed by atoms with E-state index in [4.69, 9.17) is 5.11 Å². The highest BCUT2D eigenvalue weighted by Crippen LogP contribution is 2.38. The summed E-state index contributed by atoms with van der Waals surface area (Å²) in [6.07, 6.45) is 2.27. The molecule has 1 heterocycles. The fourth-order valence-electron chi connectivity index (χ4n) is 2.18. The molecule has 0 saturated carbocycles. The summed E-state index contributed by atoms with van der Waals surface area (Å²) in [6.45, 7) is 4.42. The largest absolute Gasteiger partial charge is 0.481 e. The van der Waals surface area contributed by atoms with Crippen molar-refractivity contribution in [2.24, 2.45) is 0 Å². The van der Waals surface area contributed by atoms with Crippen LogP contribution in [0, 0.1) is 0 Å². The molecule has 6 nitrogen and oxygen atoms in total. The molecule has 20 heavy (non-hydrogen) atoms. The zero-order valence-electron chi connectivity index (χ0n) is 11.6. The molecule has 0 aromatic carbocycles. The van der Waals surface area contributed by atoms with E-state index in [1.54, 1.807) is 6.92 Å². The van der Waals surface area contributed by atoms with E-state index in [2.05, 4.69) is 15.6 Å². The molecule has 2 rings (SSSR count). The first-order chi connectivity index (χ1) is 9.52. The molecule has 3 N–H and O–H groups in total. The lowest BCUT2D eigenvalue weighted by Gasteiger charge is -2.12. The number of aromatic nitrogens is 1. The van der Waals surface area contributed by atoms with Crippen molar-refractivity contribution in [3.8, 4) is 0 Å². The van der Waals surface area contributed by atoms with E-state index in [1.165, 1.54) is 11.3 Å². The molecule has 0 bridgehead atoms. The maximum Gasteiger partial charge on any atom is 0.312 e. The lowest BCUT2D eigenvalue weighted by atomic mass is 10.1. The van der Waals surface area contributed by atoms with Crippen LogP contribution in [0.3, 0.4) is 0 Å². The van der Waals surface area contributed by atoms with Gasteiger partial charge in [0.1, 0.15) is 12.0 Å². The second-order valence-corrected chi connectivity index (χ2v) is 6.00. The highest BCUT2D eigenvalue weighted by atomic mass is 32.1. The molecular formula is C13H19N3O3S. The number of aryl methyl sites for hydroxylation is 1. The molecule has 110 valence electrons. The van der Waals surface area contributed by atoms with Crippen LogP contribution in [-0.4, -0.2) is 34.6 Å². The smallest absolute Gasteiger partial charge is 0.312 e. The number of hydrogen-bond acceptors (Lipinski definition) is 5. The van der Waals surface area contributed by atoms with E-state index < -0.39 is 11.9 Å². The third kappa shape index (κ3) is 3.09. The van der Waals surface area contributed by atoms with Gasteiger partial charge in [0.05, 0.1) is 5.69 Å². The van der Waals surface area contributed by atoms with Crippen molar-refractivity contribution in [2.75, 3.05) is 11.9 Å². The fourth-order valence-corrected chi connectivity index (χ4v) is 3.31. The molecule has 0 fully saturated rings. The summed E-state index contributed by atoms with van der Waals surface area (Å²) in [5, 5.41) is 15.6. The van der Waals surface area contributed by atoms with Crippen LogP contribution in [0.2, 0.25) is 0 Å². The van der Waals surface area contributed by atoms with Crippen molar-refractivity contribution in [3.63, 3.8) is 0 Å². The quantitative estimate of drug-likeness (QED) is 0.741. The van der Waals surface area contributed by atoms with Gasteiger partial charge in [-0.15, -0.1) is 11.3 Å². The normalized spacial score (nSPS) is 18.4. The summed E-state index contributed by atoms with van der Waals surface area (Å²) in [6, 6.07) is -0.379. The van der Waals surface area contributed by atoms with Gasteiger partial charge in [-0.1, -0.05) is 6.92 Å². The molecule has 0 saturated heterocycles. The van der Waals surface area contributed by atoms with Gasteiger partial charge >= 0.3 is 5.97 Å². The Kier molecular flexibility index (Phi) is 4.59. The summed E-state index contributed by atoms with van der Waals surface area (Å²) < 4.78 is 0. The van der Waals surface area contributed by atoms with E-state index in [0.717, 1.165) is 17.7 Å². The number of carboxylic acids is 1. The summed E-state index contributed by atoms with van der Waals surface area (Å²) in [5.74, 6) is -1.40. The van der Waals surface area contributed by atoms with Gasteiger partial charge in [-0.3, -0.25) is 9.59 Å². The van der Waals surface area contributed by atoms with Crippen LogP contribution in [0.4, 0.5) is 5.13 Å². The molecule has 1 aliphatic carbocycles. The second-order valence-electron chi connectivity index (χ2n) is 4.91. The summed E-state index contributed by atoms with van der Waals surface area (Å²) in [5.41, 5.74) is 0.658. The topological polar surface area (TPSA) is 91.3 Å². The Hall–Kier alpha value is -1.63. The van der Waals surface area contributed by atoms with Crippen LogP contribution in [-0.2, 0) is 16.0 Å². The van der Waals surface area contributed by atoms with Crippen molar-refractivity contribution in [2.45, 2.75) is 45.1 Å². The minimum Gasteiger partial charge on any atom is -0.481 e. The van der Waals surface area contributed by atoms with E-state index in [0.29, 0.717) is 23.8 Å². The van der Waals surface area contributed by atoms with Crippen molar-refractivity contribution in [1.29, 1.82) is 0 Å². The zero-order valence-corrected chi connectivity index (χ0v) is 12.4. The Morgan fingerprint density at radius 2 is 2.30 bits per heavy atom. The third-order valence-electron chi connectivity index (χ3n) is 3.30. The second kappa shape index (κ2) is 6.21. The van der Waals surface area contributed by atoms with Crippen LogP contribution in [0.15, 0.2) is 0 Å². The third-order valence-corrected chi connectivity index (χ3v) is 4.36. The van der Waals surface area contributed by atoms with Gasteiger partial charge in [0.2, 0.25) is 5.91 Å². The van der Waals surface area contributed by atoms with Crippen LogP contribution < -0.4 is 10.6 Å². The Bertz CT molecular complexity index is 515. The Morgan fingerprint density at radius 3 is 2.95 bits per heavy atom. The predicted octanol–water partition coefficient (Wildman–Crippen LogP) is 1.58. The summed E-state index contributed by atoms with van der Waals surface area (Å²) in [7, 11) is 0. The van der Waals surface area contributed by atoms with Crippen LogP contribution in [0.5, 0.6) is 0 Å². The Labute approximate surface area is 121 Å². The molecule has 0 aliphatic heterocycles. The molecule has 1 amide bonds. The molecule has 0 spiro atoms. The number of nitrogens with one attached hydrogen (secondary N) is 2. The van der Waals surface area contributed by atoms with E-state index >= 15 is 0 Å². The van der Waals surface area contributed by atoms with Crippen molar-refractivity contribution >= 4 is 28.3 Å². The highest BCUT2D eigenvalue weighted by Gasteiger charge is 2.32. The Morgan fingerprint density at radius 1 is 1.55 bits per heavy atom. The number of amides is 1. The number of carbonyl (C=O) groups excluding carboxylic acids is 1. The van der Waals surface area contributed by atoms with E-state index in [-0.39, 0.29) is 11.9 Å². The molecule has 1 aromatic rings. The zero-order chi connectivity index (χ0) is 14.7. The van der Waals surface area contributed by atoms with Crippen LogP contribution in [0.1, 0.15) is 43.2 Å². The number of hydrogen-bond donors (Lipinski definition) is 3.